The lowest BCUT2D eigenvalue weighted by Crippen LogP contribution is -2.55. The van der Waals surface area contributed by atoms with Gasteiger partial charge in [-0.3, -0.25) is 14.7 Å². The van der Waals surface area contributed by atoms with Crippen LogP contribution in [0.4, 0.5) is 0 Å². The molecule has 1 amide bonds. The highest BCUT2D eigenvalue weighted by Crippen LogP contribution is 2.55. The van der Waals surface area contributed by atoms with Crippen molar-refractivity contribution >= 4 is 34.9 Å². The van der Waals surface area contributed by atoms with Crippen molar-refractivity contribution in [3.63, 3.8) is 0 Å². The molecule has 0 N–H and O–H groups in total. The zero-order chi connectivity index (χ0) is 28.2. The van der Waals surface area contributed by atoms with Crippen LogP contribution in [0.25, 0.3) is 0 Å². The average Bonchev–Trinajstić information content (AvgIpc) is 3.71. The number of amides is 1. The second-order valence-corrected chi connectivity index (χ2v) is 12.8. The summed E-state index contributed by atoms with van der Waals surface area (Å²) in [5.74, 6) is 1.44. The Kier molecular flexibility index (Phi) is 7.10. The Hall–Kier alpha value is -2.82. The van der Waals surface area contributed by atoms with Crippen molar-refractivity contribution in [3.05, 3.63) is 99.0 Å². The Morgan fingerprint density at radius 2 is 1.51 bits per heavy atom. The molecule has 1 fully saturated rings. The van der Waals surface area contributed by atoms with Crippen molar-refractivity contribution < 1.29 is 9.53 Å². The maximum absolute atomic E-state index is 14.3. The number of nitrogens with zero attached hydrogens (tertiary/aromatic N) is 2. The van der Waals surface area contributed by atoms with Crippen LogP contribution in [0.3, 0.4) is 0 Å². The van der Waals surface area contributed by atoms with Crippen molar-refractivity contribution in [1.29, 1.82) is 0 Å². The number of amidine groups is 1. The molecule has 0 aromatic heterocycles. The summed E-state index contributed by atoms with van der Waals surface area (Å²) >= 11 is 12.6. The minimum atomic E-state index is -0.841. The minimum absolute atomic E-state index is 0.0150. The van der Waals surface area contributed by atoms with Gasteiger partial charge in [0.15, 0.2) is 0 Å². The van der Waals surface area contributed by atoms with E-state index in [-0.39, 0.29) is 17.2 Å². The lowest BCUT2D eigenvalue weighted by atomic mass is 9.70. The Balaban J connectivity index is 1.80. The molecule has 1 aliphatic carbocycles. The lowest BCUT2D eigenvalue weighted by molar-refractivity contribution is -0.134. The van der Waals surface area contributed by atoms with Gasteiger partial charge < -0.3 is 4.74 Å². The highest BCUT2D eigenvalue weighted by Gasteiger charge is 2.60. The predicted molar refractivity (Wildman–Crippen MR) is 160 cm³/mol. The molecular formula is C33H36Cl2N2O2. The first-order valence-electron chi connectivity index (χ1n) is 13.6. The van der Waals surface area contributed by atoms with E-state index in [9.17, 15) is 4.79 Å². The molecule has 1 saturated carbocycles. The van der Waals surface area contributed by atoms with Crippen LogP contribution in [0.5, 0.6) is 5.75 Å². The number of aliphatic imine (C=N–C) groups is 1. The molecule has 2 atom stereocenters. The van der Waals surface area contributed by atoms with E-state index in [1.807, 2.05) is 60.4 Å². The van der Waals surface area contributed by atoms with Crippen LogP contribution >= 0.6 is 23.2 Å². The first-order chi connectivity index (χ1) is 18.4. The maximum atomic E-state index is 14.3. The van der Waals surface area contributed by atoms with Gasteiger partial charge in [-0.05, 0) is 92.1 Å². The molecule has 2 aliphatic rings. The van der Waals surface area contributed by atoms with Crippen molar-refractivity contribution in [2.75, 3.05) is 6.61 Å². The van der Waals surface area contributed by atoms with E-state index in [0.717, 1.165) is 40.8 Å². The Morgan fingerprint density at radius 3 is 2.03 bits per heavy atom. The summed E-state index contributed by atoms with van der Waals surface area (Å²) in [6.07, 6.45) is 1.77. The van der Waals surface area contributed by atoms with E-state index in [1.54, 1.807) is 0 Å². The quantitative estimate of drug-likeness (QED) is 0.302. The molecule has 5 rings (SSSR count). The summed E-state index contributed by atoms with van der Waals surface area (Å²) in [7, 11) is 0. The molecule has 204 valence electrons. The Bertz CT molecular complexity index is 1420. The average molecular weight is 564 g/mol. The number of hydrogen-bond donors (Lipinski definition) is 0. The Labute approximate surface area is 242 Å². The van der Waals surface area contributed by atoms with Gasteiger partial charge in [0.25, 0.3) is 0 Å². The van der Waals surface area contributed by atoms with Crippen LogP contribution in [0.1, 0.15) is 76.6 Å². The van der Waals surface area contributed by atoms with Crippen LogP contribution < -0.4 is 4.74 Å². The predicted octanol–water partition coefficient (Wildman–Crippen LogP) is 8.52. The monoisotopic (exact) mass is 562 g/mol. The van der Waals surface area contributed by atoms with Crippen LogP contribution in [0.2, 0.25) is 10.0 Å². The van der Waals surface area contributed by atoms with E-state index >= 15 is 0 Å². The Morgan fingerprint density at radius 1 is 0.949 bits per heavy atom. The number of halogens is 2. The largest absolute Gasteiger partial charge is 0.493 e. The van der Waals surface area contributed by atoms with Gasteiger partial charge in [-0.25, -0.2) is 0 Å². The summed E-state index contributed by atoms with van der Waals surface area (Å²) in [5.41, 5.74) is 2.19. The number of carbonyl (C=O) groups excluding carboxylic acids is 1. The summed E-state index contributed by atoms with van der Waals surface area (Å²) in [4.78, 5) is 21.7. The SMILES string of the molecule is CCOc1cc(C(C)(C)C)ccc1C1=N[C@@](C)(c2ccc(Cl)cc2)[C@@](C)(c2ccc(Cl)cc2)N1C(=O)C1CC1. The van der Waals surface area contributed by atoms with Crippen LogP contribution in [-0.4, -0.2) is 23.2 Å². The fourth-order valence-electron chi connectivity index (χ4n) is 5.57. The second kappa shape index (κ2) is 9.98. The van der Waals surface area contributed by atoms with Gasteiger partial charge in [0.1, 0.15) is 22.7 Å². The van der Waals surface area contributed by atoms with E-state index in [2.05, 4.69) is 52.8 Å². The molecule has 1 heterocycles. The molecule has 0 radical (unpaired) electrons. The fourth-order valence-corrected chi connectivity index (χ4v) is 5.82. The van der Waals surface area contributed by atoms with Crippen LogP contribution in [0, 0.1) is 5.92 Å². The van der Waals surface area contributed by atoms with E-state index in [1.165, 1.54) is 0 Å². The van der Waals surface area contributed by atoms with Crippen molar-refractivity contribution in [2.45, 2.75) is 70.9 Å². The zero-order valence-electron chi connectivity index (χ0n) is 23.5. The summed E-state index contributed by atoms with van der Waals surface area (Å²) in [5, 5.41) is 1.30. The fraction of sp³-hybridized carbons (Fsp3) is 0.394. The van der Waals surface area contributed by atoms with Gasteiger partial charge in [-0.1, -0.05) is 74.3 Å². The van der Waals surface area contributed by atoms with Gasteiger partial charge in [0.2, 0.25) is 5.91 Å². The molecular weight excluding hydrogens is 527 g/mol. The molecule has 0 unspecified atom stereocenters. The van der Waals surface area contributed by atoms with Gasteiger partial charge in [0.05, 0.1) is 12.2 Å². The number of hydrogen-bond acceptors (Lipinski definition) is 3. The molecule has 3 aromatic carbocycles. The number of carbonyl (C=O) groups is 1. The number of rotatable bonds is 6. The van der Waals surface area contributed by atoms with Gasteiger partial charge in [-0.2, -0.15) is 0 Å². The molecule has 0 bridgehead atoms. The van der Waals surface area contributed by atoms with Gasteiger partial charge in [-0.15, -0.1) is 0 Å². The molecule has 0 spiro atoms. The maximum Gasteiger partial charge on any atom is 0.232 e. The highest BCUT2D eigenvalue weighted by molar-refractivity contribution is 6.30. The lowest BCUT2D eigenvalue weighted by Gasteiger charge is -2.45. The third kappa shape index (κ3) is 4.76. The third-order valence-electron chi connectivity index (χ3n) is 8.28. The van der Waals surface area contributed by atoms with Crippen molar-refractivity contribution in [2.24, 2.45) is 10.9 Å². The van der Waals surface area contributed by atoms with Gasteiger partial charge >= 0.3 is 0 Å². The molecule has 39 heavy (non-hydrogen) atoms. The van der Waals surface area contributed by atoms with Crippen LogP contribution in [-0.2, 0) is 21.3 Å². The van der Waals surface area contributed by atoms with Gasteiger partial charge in [0, 0.05) is 16.0 Å². The molecule has 6 heteroatoms. The topological polar surface area (TPSA) is 41.9 Å². The molecule has 4 nitrogen and oxygen atoms in total. The van der Waals surface area contributed by atoms with Crippen LogP contribution in [0.15, 0.2) is 71.7 Å². The standard InChI is InChI=1S/C33H36Cl2N2O2/c1-7-39-28-20-24(31(2,3)4)14-19-27(28)29-36-32(5,22-10-15-25(34)16-11-22)33(6,23-12-17-26(35)18-13-23)37(29)30(38)21-8-9-21/h10-21H,7-9H2,1-6H3/t32-,33+/m0/s1. The first kappa shape index (κ1) is 27.7. The molecule has 3 aromatic rings. The summed E-state index contributed by atoms with van der Waals surface area (Å²) in [6, 6.07) is 21.8. The number of benzene rings is 3. The zero-order valence-corrected chi connectivity index (χ0v) is 25.0. The van der Waals surface area contributed by atoms with Crippen molar-refractivity contribution in [1.82, 2.24) is 4.90 Å². The third-order valence-corrected chi connectivity index (χ3v) is 8.79. The van der Waals surface area contributed by atoms with E-state index in [0.29, 0.717) is 22.5 Å². The molecule has 0 saturated heterocycles. The minimum Gasteiger partial charge on any atom is -0.493 e. The normalized spacial score (nSPS) is 23.1. The smallest absolute Gasteiger partial charge is 0.232 e. The molecule has 1 aliphatic heterocycles. The van der Waals surface area contributed by atoms with E-state index in [4.69, 9.17) is 32.9 Å². The van der Waals surface area contributed by atoms with Crippen molar-refractivity contribution in [3.8, 4) is 5.75 Å². The number of ether oxygens (including phenoxy) is 1. The van der Waals surface area contributed by atoms with E-state index < -0.39 is 11.1 Å². The highest BCUT2D eigenvalue weighted by atomic mass is 35.5. The first-order valence-corrected chi connectivity index (χ1v) is 14.4. The summed E-state index contributed by atoms with van der Waals surface area (Å²) < 4.78 is 6.21. The second-order valence-electron chi connectivity index (χ2n) is 11.9. The summed E-state index contributed by atoms with van der Waals surface area (Å²) in [6.45, 7) is 13.3.